The minimum Gasteiger partial charge on any atom is -0.0988 e. The van der Waals surface area contributed by atoms with Crippen molar-refractivity contribution in [3.05, 3.63) is 36.0 Å². The molecule has 0 atom stereocenters. The summed E-state index contributed by atoms with van der Waals surface area (Å²) in [4.78, 5) is 0. The van der Waals surface area contributed by atoms with Crippen LogP contribution in [0, 0.1) is 0 Å². The topological polar surface area (TPSA) is 0 Å². The van der Waals surface area contributed by atoms with Gasteiger partial charge in [0, 0.05) is 0 Å². The minimum absolute atomic E-state index is 1.13. The van der Waals surface area contributed by atoms with E-state index in [0.29, 0.717) is 0 Å². The fourth-order valence-electron chi connectivity index (χ4n) is 0.909. The fourth-order valence-corrected chi connectivity index (χ4v) is 0.909. The second-order valence-corrected chi connectivity index (χ2v) is 3.06. The van der Waals surface area contributed by atoms with Crippen molar-refractivity contribution in [2.75, 3.05) is 0 Å². The van der Waals surface area contributed by atoms with E-state index in [1.807, 2.05) is 6.08 Å². The first-order valence-electron chi connectivity index (χ1n) is 4.73. The summed E-state index contributed by atoms with van der Waals surface area (Å²) in [5.41, 5.74) is 2.76. The second kappa shape index (κ2) is 6.90. The van der Waals surface area contributed by atoms with Crippen molar-refractivity contribution >= 4 is 0 Å². The third kappa shape index (κ3) is 4.95. The molecule has 0 N–H and O–H groups in total. The number of hydrogen-bond acceptors (Lipinski definition) is 0. The number of rotatable bonds is 5. The highest BCUT2D eigenvalue weighted by atomic mass is 13.9. The maximum atomic E-state index is 3.79. The van der Waals surface area contributed by atoms with Crippen LogP contribution in [-0.2, 0) is 0 Å². The molecule has 0 bridgehead atoms. The van der Waals surface area contributed by atoms with E-state index in [0.717, 1.165) is 12.8 Å². The van der Waals surface area contributed by atoms with Crippen LogP contribution in [0.3, 0.4) is 0 Å². The van der Waals surface area contributed by atoms with Gasteiger partial charge in [-0.1, -0.05) is 50.6 Å². The van der Waals surface area contributed by atoms with Crippen LogP contribution in [-0.4, -0.2) is 0 Å². The van der Waals surface area contributed by atoms with Crippen molar-refractivity contribution < 1.29 is 0 Å². The van der Waals surface area contributed by atoms with Crippen molar-refractivity contribution in [2.45, 2.75) is 40.0 Å². The average molecular weight is 164 g/mol. The van der Waals surface area contributed by atoms with Gasteiger partial charge in [-0.3, -0.25) is 0 Å². The van der Waals surface area contributed by atoms with Gasteiger partial charge in [0.25, 0.3) is 0 Å². The summed E-state index contributed by atoms with van der Waals surface area (Å²) in [7, 11) is 0. The lowest BCUT2D eigenvalue weighted by molar-refractivity contribution is 0.926. The van der Waals surface area contributed by atoms with E-state index in [2.05, 4.69) is 39.5 Å². The molecule has 0 aliphatic carbocycles. The molecule has 0 nitrogen and oxygen atoms in total. The fraction of sp³-hybridized carbons (Fsp3) is 0.500. The zero-order chi connectivity index (χ0) is 9.40. The summed E-state index contributed by atoms with van der Waals surface area (Å²) >= 11 is 0. The Hall–Kier alpha value is -0.780. The maximum Gasteiger partial charge on any atom is -0.0282 e. The van der Waals surface area contributed by atoms with Gasteiger partial charge >= 0.3 is 0 Å². The Bertz CT molecular complexity index is 182. The van der Waals surface area contributed by atoms with Gasteiger partial charge in [0.2, 0.25) is 0 Å². The van der Waals surface area contributed by atoms with Gasteiger partial charge in [-0.05, 0) is 25.3 Å². The van der Waals surface area contributed by atoms with Crippen LogP contribution in [0.5, 0.6) is 0 Å². The molecule has 12 heavy (non-hydrogen) atoms. The molecule has 0 saturated carbocycles. The molecule has 68 valence electrons. The van der Waals surface area contributed by atoms with Gasteiger partial charge < -0.3 is 0 Å². The van der Waals surface area contributed by atoms with Crippen molar-refractivity contribution in [1.82, 2.24) is 0 Å². The number of hydrogen-bond donors (Lipinski definition) is 0. The lowest BCUT2D eigenvalue weighted by atomic mass is 10.1. The lowest BCUT2D eigenvalue weighted by Gasteiger charge is -1.96. The lowest BCUT2D eigenvalue weighted by Crippen LogP contribution is -1.76. The molecule has 0 amide bonds. The molecule has 0 heteroatoms. The van der Waals surface area contributed by atoms with Crippen LogP contribution in [0.15, 0.2) is 36.0 Å². The van der Waals surface area contributed by atoms with Crippen molar-refractivity contribution in [2.24, 2.45) is 0 Å². The SMILES string of the molecule is C=C/C(=C\C=C(\C)CC)CCC. The van der Waals surface area contributed by atoms with Crippen LogP contribution in [0.2, 0.25) is 0 Å². The number of allylic oxidation sites excluding steroid dienone is 5. The van der Waals surface area contributed by atoms with Crippen LogP contribution in [0.25, 0.3) is 0 Å². The summed E-state index contributed by atoms with van der Waals surface area (Å²) in [5, 5.41) is 0. The Balaban J connectivity index is 4.18. The zero-order valence-electron chi connectivity index (χ0n) is 8.56. The molecule has 0 aromatic heterocycles. The van der Waals surface area contributed by atoms with Crippen LogP contribution < -0.4 is 0 Å². The molecule has 0 unspecified atom stereocenters. The molecular weight excluding hydrogens is 144 g/mol. The molecule has 0 fully saturated rings. The van der Waals surface area contributed by atoms with E-state index in [4.69, 9.17) is 0 Å². The Morgan fingerprint density at radius 2 is 1.92 bits per heavy atom. The summed E-state index contributed by atoms with van der Waals surface area (Å²) in [6, 6.07) is 0. The third-order valence-electron chi connectivity index (χ3n) is 1.94. The highest BCUT2D eigenvalue weighted by Crippen LogP contribution is 2.07. The van der Waals surface area contributed by atoms with Crippen LogP contribution in [0.1, 0.15) is 40.0 Å². The molecule has 0 radical (unpaired) electrons. The summed E-state index contributed by atoms with van der Waals surface area (Å²) in [6.07, 6.45) is 9.77. The molecule has 0 aromatic carbocycles. The molecular formula is C12H20. The molecule has 0 aliphatic rings. The third-order valence-corrected chi connectivity index (χ3v) is 1.94. The van der Waals surface area contributed by atoms with Crippen molar-refractivity contribution in [1.29, 1.82) is 0 Å². The van der Waals surface area contributed by atoms with E-state index in [9.17, 15) is 0 Å². The molecule has 0 rings (SSSR count). The van der Waals surface area contributed by atoms with Gasteiger partial charge in [0.1, 0.15) is 0 Å². The average Bonchev–Trinajstić information content (AvgIpc) is 2.11. The highest BCUT2D eigenvalue weighted by molar-refractivity contribution is 5.23. The normalized spacial score (nSPS) is 13.2. The van der Waals surface area contributed by atoms with Gasteiger partial charge in [-0.2, -0.15) is 0 Å². The molecule has 0 spiro atoms. The first-order chi connectivity index (χ1) is 5.74. The van der Waals surface area contributed by atoms with Gasteiger partial charge in [-0.25, -0.2) is 0 Å². The van der Waals surface area contributed by atoms with Crippen molar-refractivity contribution in [3.63, 3.8) is 0 Å². The summed E-state index contributed by atoms with van der Waals surface area (Å²) in [5.74, 6) is 0. The smallest absolute Gasteiger partial charge is 0.0282 e. The van der Waals surface area contributed by atoms with Gasteiger partial charge in [0.05, 0.1) is 0 Å². The van der Waals surface area contributed by atoms with E-state index in [-0.39, 0.29) is 0 Å². The summed E-state index contributed by atoms with van der Waals surface area (Å²) < 4.78 is 0. The monoisotopic (exact) mass is 164 g/mol. The Kier molecular flexibility index (Phi) is 6.45. The predicted molar refractivity (Wildman–Crippen MR) is 57.2 cm³/mol. The largest absolute Gasteiger partial charge is 0.0988 e. The Labute approximate surface area is 76.7 Å². The van der Waals surface area contributed by atoms with Gasteiger partial charge in [-0.15, -0.1) is 0 Å². The minimum atomic E-state index is 1.13. The standard InChI is InChI=1S/C12H20/c1-5-8-12(7-3)10-9-11(4)6-2/h7,9-10H,3,5-6,8H2,1-2,4H3/b11-9-,12-10+. The van der Waals surface area contributed by atoms with Crippen molar-refractivity contribution in [3.8, 4) is 0 Å². The van der Waals surface area contributed by atoms with E-state index < -0.39 is 0 Å². The predicted octanol–water partition coefficient (Wildman–Crippen LogP) is 4.26. The summed E-state index contributed by atoms with van der Waals surface area (Å²) in [6.45, 7) is 10.3. The maximum absolute atomic E-state index is 3.79. The van der Waals surface area contributed by atoms with Gasteiger partial charge in [0.15, 0.2) is 0 Å². The second-order valence-electron chi connectivity index (χ2n) is 3.06. The first-order valence-corrected chi connectivity index (χ1v) is 4.73. The zero-order valence-corrected chi connectivity index (χ0v) is 8.56. The van der Waals surface area contributed by atoms with Crippen LogP contribution in [0.4, 0.5) is 0 Å². The van der Waals surface area contributed by atoms with Crippen LogP contribution >= 0.6 is 0 Å². The Morgan fingerprint density at radius 3 is 2.33 bits per heavy atom. The van der Waals surface area contributed by atoms with E-state index >= 15 is 0 Å². The van der Waals surface area contributed by atoms with E-state index in [1.165, 1.54) is 17.6 Å². The molecule has 0 saturated heterocycles. The Morgan fingerprint density at radius 1 is 1.25 bits per heavy atom. The van der Waals surface area contributed by atoms with E-state index in [1.54, 1.807) is 0 Å². The quantitative estimate of drug-likeness (QED) is 0.533. The molecule has 0 aliphatic heterocycles. The highest BCUT2D eigenvalue weighted by Gasteiger charge is 1.87. The molecule has 0 aromatic rings. The first kappa shape index (κ1) is 11.2. The molecule has 0 heterocycles.